The Morgan fingerprint density at radius 3 is 2.36 bits per heavy atom. The summed E-state index contributed by atoms with van der Waals surface area (Å²) in [6, 6.07) is 8.10. The van der Waals surface area contributed by atoms with Crippen LogP contribution >= 0.6 is 15.9 Å². The van der Waals surface area contributed by atoms with Gasteiger partial charge in [0.25, 0.3) is 0 Å². The molecule has 2 nitrogen and oxygen atoms in total. The van der Waals surface area contributed by atoms with E-state index in [0.717, 1.165) is 4.47 Å². The van der Waals surface area contributed by atoms with Crippen LogP contribution in [0.2, 0.25) is 0 Å². The minimum atomic E-state index is -0.116. The molecule has 1 rings (SSSR count). The van der Waals surface area contributed by atoms with Gasteiger partial charge in [-0.25, -0.2) is 0 Å². The molecule has 0 aliphatic heterocycles. The molecule has 1 unspecified atom stereocenters. The zero-order valence-electron chi connectivity index (χ0n) is 8.33. The van der Waals surface area contributed by atoms with Crippen molar-refractivity contribution in [2.75, 3.05) is 13.2 Å². The molecule has 0 spiro atoms. The fraction of sp³-hybridized carbons (Fsp3) is 0.455. The maximum Gasteiger partial charge on any atom is 0.0439 e. The number of rotatable bonds is 4. The lowest BCUT2D eigenvalue weighted by atomic mass is 9.80. The van der Waals surface area contributed by atoms with Crippen LogP contribution in [-0.2, 0) is 5.41 Å². The lowest BCUT2D eigenvalue weighted by Gasteiger charge is -2.27. The first-order chi connectivity index (χ1) is 6.62. The van der Waals surface area contributed by atoms with E-state index in [1.807, 2.05) is 24.3 Å². The molecule has 0 saturated heterocycles. The third-order valence-electron chi connectivity index (χ3n) is 2.66. The van der Waals surface area contributed by atoms with Crippen molar-refractivity contribution in [3.63, 3.8) is 0 Å². The van der Waals surface area contributed by atoms with Gasteiger partial charge in [-0.3, -0.25) is 0 Å². The Balaban J connectivity index is 2.94. The third kappa shape index (κ3) is 2.56. The lowest BCUT2D eigenvalue weighted by molar-refractivity contribution is 0.247. The van der Waals surface area contributed by atoms with Gasteiger partial charge in [0.05, 0.1) is 0 Å². The number of hydrogen-bond donors (Lipinski definition) is 2. The Bertz CT molecular complexity index is 286. The normalized spacial score (nSPS) is 15.1. The van der Waals surface area contributed by atoms with E-state index in [1.54, 1.807) is 0 Å². The van der Waals surface area contributed by atoms with E-state index in [-0.39, 0.29) is 12.0 Å². The molecule has 0 aromatic heterocycles. The molecule has 0 aliphatic carbocycles. The average molecular weight is 258 g/mol. The second-order valence-electron chi connectivity index (χ2n) is 3.75. The number of aliphatic hydroxyl groups is 1. The third-order valence-corrected chi connectivity index (χ3v) is 3.18. The van der Waals surface area contributed by atoms with Crippen molar-refractivity contribution in [2.45, 2.75) is 18.8 Å². The molecule has 0 heterocycles. The highest BCUT2D eigenvalue weighted by molar-refractivity contribution is 9.10. The fourth-order valence-corrected chi connectivity index (χ4v) is 1.73. The highest BCUT2D eigenvalue weighted by atomic mass is 79.9. The molecule has 1 aromatic carbocycles. The molecular weight excluding hydrogens is 242 g/mol. The summed E-state index contributed by atoms with van der Waals surface area (Å²) < 4.78 is 1.06. The zero-order chi connectivity index (χ0) is 10.6. The first kappa shape index (κ1) is 11.7. The fourth-order valence-electron chi connectivity index (χ4n) is 1.46. The first-order valence-electron chi connectivity index (χ1n) is 4.69. The summed E-state index contributed by atoms with van der Waals surface area (Å²) in [6.45, 7) is 2.80. The van der Waals surface area contributed by atoms with Gasteiger partial charge in [0, 0.05) is 23.0 Å². The predicted octanol–water partition coefficient (Wildman–Crippen LogP) is 2.05. The van der Waals surface area contributed by atoms with E-state index in [9.17, 15) is 0 Å². The summed E-state index contributed by atoms with van der Waals surface area (Å²) >= 11 is 3.39. The van der Waals surface area contributed by atoms with E-state index in [2.05, 4.69) is 22.9 Å². The van der Waals surface area contributed by atoms with Crippen LogP contribution in [0.15, 0.2) is 28.7 Å². The Morgan fingerprint density at radius 2 is 1.93 bits per heavy atom. The van der Waals surface area contributed by atoms with E-state index in [1.165, 1.54) is 5.56 Å². The molecular formula is C11H16BrNO. The van der Waals surface area contributed by atoms with Crippen LogP contribution in [0.5, 0.6) is 0 Å². The zero-order valence-corrected chi connectivity index (χ0v) is 9.92. The molecule has 0 amide bonds. The molecule has 0 saturated carbocycles. The van der Waals surface area contributed by atoms with Crippen molar-refractivity contribution in [2.24, 2.45) is 5.73 Å². The first-order valence-corrected chi connectivity index (χ1v) is 5.48. The Hall–Kier alpha value is -0.380. The predicted molar refractivity (Wildman–Crippen MR) is 62.3 cm³/mol. The van der Waals surface area contributed by atoms with Gasteiger partial charge in [-0.05, 0) is 24.1 Å². The van der Waals surface area contributed by atoms with Gasteiger partial charge in [0.1, 0.15) is 0 Å². The van der Waals surface area contributed by atoms with E-state index >= 15 is 0 Å². The van der Waals surface area contributed by atoms with Crippen molar-refractivity contribution < 1.29 is 5.11 Å². The summed E-state index contributed by atoms with van der Waals surface area (Å²) in [6.07, 6.45) is 0.700. The van der Waals surface area contributed by atoms with Gasteiger partial charge in [-0.1, -0.05) is 35.0 Å². The standard InChI is InChI=1S/C11H16BrNO/c1-11(8-13,6-7-14)9-2-4-10(12)5-3-9/h2-5,14H,6-8,13H2,1H3. The highest BCUT2D eigenvalue weighted by Crippen LogP contribution is 2.27. The number of halogens is 1. The maximum atomic E-state index is 8.98. The highest BCUT2D eigenvalue weighted by Gasteiger charge is 2.23. The summed E-state index contributed by atoms with van der Waals surface area (Å²) in [5.41, 5.74) is 6.80. The van der Waals surface area contributed by atoms with Crippen LogP contribution in [0.1, 0.15) is 18.9 Å². The molecule has 1 aromatic rings. The summed E-state index contributed by atoms with van der Waals surface area (Å²) in [4.78, 5) is 0. The smallest absolute Gasteiger partial charge is 0.0439 e. The van der Waals surface area contributed by atoms with Crippen LogP contribution in [-0.4, -0.2) is 18.3 Å². The van der Waals surface area contributed by atoms with Crippen LogP contribution < -0.4 is 5.73 Å². The Morgan fingerprint density at radius 1 is 1.36 bits per heavy atom. The van der Waals surface area contributed by atoms with Crippen molar-refractivity contribution in [1.29, 1.82) is 0 Å². The van der Waals surface area contributed by atoms with Crippen molar-refractivity contribution in [3.8, 4) is 0 Å². The SMILES string of the molecule is CC(CN)(CCO)c1ccc(Br)cc1. The average Bonchev–Trinajstić information content (AvgIpc) is 2.19. The monoisotopic (exact) mass is 257 g/mol. The molecule has 0 radical (unpaired) electrons. The van der Waals surface area contributed by atoms with Crippen LogP contribution in [0, 0.1) is 0 Å². The van der Waals surface area contributed by atoms with E-state index < -0.39 is 0 Å². The number of benzene rings is 1. The van der Waals surface area contributed by atoms with Gasteiger partial charge in [-0.15, -0.1) is 0 Å². The van der Waals surface area contributed by atoms with Gasteiger partial charge >= 0.3 is 0 Å². The topological polar surface area (TPSA) is 46.2 Å². The summed E-state index contributed by atoms with van der Waals surface area (Å²) in [5.74, 6) is 0. The largest absolute Gasteiger partial charge is 0.396 e. The Kier molecular flexibility index (Phi) is 4.11. The van der Waals surface area contributed by atoms with Crippen molar-refractivity contribution in [3.05, 3.63) is 34.3 Å². The summed E-state index contributed by atoms with van der Waals surface area (Å²) in [5, 5.41) is 8.98. The van der Waals surface area contributed by atoms with Crippen molar-refractivity contribution in [1.82, 2.24) is 0 Å². The van der Waals surface area contributed by atoms with Crippen LogP contribution in [0.3, 0.4) is 0 Å². The van der Waals surface area contributed by atoms with Gasteiger partial charge in [0.2, 0.25) is 0 Å². The molecule has 1 atom stereocenters. The molecule has 14 heavy (non-hydrogen) atoms. The molecule has 3 heteroatoms. The molecule has 0 bridgehead atoms. The number of aliphatic hydroxyl groups excluding tert-OH is 1. The second kappa shape index (κ2) is 4.91. The lowest BCUT2D eigenvalue weighted by Crippen LogP contribution is -2.32. The summed E-state index contributed by atoms with van der Waals surface area (Å²) in [7, 11) is 0. The molecule has 3 N–H and O–H groups in total. The van der Waals surface area contributed by atoms with Gasteiger partial charge in [0.15, 0.2) is 0 Å². The van der Waals surface area contributed by atoms with Gasteiger partial charge in [-0.2, -0.15) is 0 Å². The molecule has 78 valence electrons. The van der Waals surface area contributed by atoms with Crippen LogP contribution in [0.4, 0.5) is 0 Å². The number of nitrogens with two attached hydrogens (primary N) is 1. The minimum Gasteiger partial charge on any atom is -0.396 e. The molecule has 0 aliphatic rings. The molecule has 0 fully saturated rings. The second-order valence-corrected chi connectivity index (χ2v) is 4.66. The van der Waals surface area contributed by atoms with E-state index in [0.29, 0.717) is 13.0 Å². The minimum absolute atomic E-state index is 0.116. The van der Waals surface area contributed by atoms with Gasteiger partial charge < -0.3 is 10.8 Å². The number of hydrogen-bond acceptors (Lipinski definition) is 2. The van der Waals surface area contributed by atoms with E-state index in [4.69, 9.17) is 10.8 Å². The quantitative estimate of drug-likeness (QED) is 0.868. The maximum absolute atomic E-state index is 8.98. The van der Waals surface area contributed by atoms with Crippen molar-refractivity contribution >= 4 is 15.9 Å². The Labute approximate surface area is 93.3 Å². The van der Waals surface area contributed by atoms with Crippen LogP contribution in [0.25, 0.3) is 0 Å².